The summed E-state index contributed by atoms with van der Waals surface area (Å²) < 4.78 is 45.0. The molecule has 21 heavy (non-hydrogen) atoms. The topological polar surface area (TPSA) is 9.23 Å². The van der Waals surface area contributed by atoms with Crippen LogP contribution < -0.4 is 4.74 Å². The quantitative estimate of drug-likeness (QED) is 0.669. The highest BCUT2D eigenvalue weighted by atomic mass is 19.2. The fraction of sp³-hybridized carbons (Fsp3) is 0.294. The lowest BCUT2D eigenvalue weighted by Gasteiger charge is -2.14. The van der Waals surface area contributed by atoms with Gasteiger partial charge in [0.15, 0.2) is 23.2 Å². The van der Waals surface area contributed by atoms with E-state index in [1.165, 1.54) is 5.56 Å². The second-order valence-electron chi connectivity index (χ2n) is 5.17. The van der Waals surface area contributed by atoms with Gasteiger partial charge in [-0.05, 0) is 35.6 Å². The molecule has 112 valence electrons. The van der Waals surface area contributed by atoms with Crippen LogP contribution in [0.3, 0.4) is 0 Å². The van der Waals surface area contributed by atoms with E-state index in [1.54, 1.807) is 12.1 Å². The molecular weight excluding hydrogens is 277 g/mol. The molecule has 0 bridgehead atoms. The van der Waals surface area contributed by atoms with Crippen LogP contribution in [0.1, 0.15) is 37.8 Å². The number of ether oxygens (including phenoxy) is 1. The van der Waals surface area contributed by atoms with Gasteiger partial charge >= 0.3 is 0 Å². The Hall–Kier alpha value is -1.97. The Morgan fingerprint density at radius 3 is 2.24 bits per heavy atom. The minimum atomic E-state index is -1.23. The Balaban J connectivity index is 2.34. The van der Waals surface area contributed by atoms with E-state index in [-0.39, 0.29) is 5.75 Å². The van der Waals surface area contributed by atoms with Gasteiger partial charge in [-0.2, -0.15) is 0 Å². The molecule has 0 heterocycles. The Bertz CT molecular complexity index is 651. The van der Waals surface area contributed by atoms with E-state index in [9.17, 15) is 13.2 Å². The monoisotopic (exact) mass is 294 g/mol. The maximum Gasteiger partial charge on any atom is 0.168 e. The molecule has 1 nitrogen and oxygen atoms in total. The highest BCUT2D eigenvalue weighted by molar-refractivity contribution is 5.40. The molecule has 2 aromatic carbocycles. The zero-order valence-electron chi connectivity index (χ0n) is 12.2. The van der Waals surface area contributed by atoms with Gasteiger partial charge in [0.1, 0.15) is 5.75 Å². The fourth-order valence-electron chi connectivity index (χ4n) is 2.22. The van der Waals surface area contributed by atoms with Gasteiger partial charge in [0, 0.05) is 12.1 Å². The van der Waals surface area contributed by atoms with Gasteiger partial charge in [0.2, 0.25) is 0 Å². The average Bonchev–Trinajstić information content (AvgIpc) is 2.44. The van der Waals surface area contributed by atoms with E-state index in [0.717, 1.165) is 12.0 Å². The van der Waals surface area contributed by atoms with Crippen LogP contribution in [0, 0.1) is 17.5 Å². The maximum atomic E-state index is 13.6. The molecule has 0 aliphatic rings. The summed E-state index contributed by atoms with van der Waals surface area (Å²) in [5, 5.41) is 0. The van der Waals surface area contributed by atoms with Crippen molar-refractivity contribution < 1.29 is 17.9 Å². The number of hydrogen-bond acceptors (Lipinski definition) is 1. The van der Waals surface area contributed by atoms with E-state index in [4.69, 9.17) is 4.74 Å². The number of benzene rings is 2. The molecule has 0 saturated carbocycles. The van der Waals surface area contributed by atoms with Crippen molar-refractivity contribution in [2.24, 2.45) is 0 Å². The van der Waals surface area contributed by atoms with E-state index < -0.39 is 17.5 Å². The summed E-state index contributed by atoms with van der Waals surface area (Å²) in [6.45, 7) is 6.19. The summed E-state index contributed by atoms with van der Waals surface area (Å²) in [4.78, 5) is 0. The van der Waals surface area contributed by atoms with Gasteiger partial charge in [-0.15, -0.1) is 0 Å². The van der Waals surface area contributed by atoms with Crippen molar-refractivity contribution in [2.45, 2.75) is 33.1 Å². The van der Waals surface area contributed by atoms with Crippen LogP contribution in [0.4, 0.5) is 13.2 Å². The largest absolute Gasteiger partial charge is 0.454 e. The molecule has 0 aliphatic carbocycles. The highest BCUT2D eigenvalue weighted by Crippen LogP contribution is 2.30. The van der Waals surface area contributed by atoms with Crippen LogP contribution in [0.5, 0.6) is 11.5 Å². The molecule has 0 atom stereocenters. The first-order valence-electron chi connectivity index (χ1n) is 6.87. The summed E-state index contributed by atoms with van der Waals surface area (Å²) in [5.41, 5.74) is 2.28. The Morgan fingerprint density at radius 1 is 0.952 bits per heavy atom. The van der Waals surface area contributed by atoms with Crippen LogP contribution in [0.2, 0.25) is 0 Å². The standard InChI is InChI=1S/C17H17F3O/c1-4-11-7-12(5-6-13(11)10(2)3)21-17-9-15(19)14(18)8-16(17)20/h5-10H,4H2,1-3H3. The van der Waals surface area contributed by atoms with Crippen LogP contribution in [-0.2, 0) is 6.42 Å². The highest BCUT2D eigenvalue weighted by Gasteiger charge is 2.13. The maximum absolute atomic E-state index is 13.6. The first-order chi connectivity index (χ1) is 9.92. The molecule has 0 aromatic heterocycles. The van der Waals surface area contributed by atoms with Gasteiger partial charge in [0.05, 0.1) is 0 Å². The Kier molecular flexibility index (Phi) is 4.56. The third-order valence-corrected chi connectivity index (χ3v) is 3.32. The molecule has 2 rings (SSSR count). The molecule has 0 amide bonds. The minimum absolute atomic E-state index is 0.326. The molecule has 0 saturated heterocycles. The molecule has 4 heteroatoms. The molecule has 0 N–H and O–H groups in total. The zero-order valence-corrected chi connectivity index (χ0v) is 12.2. The molecule has 0 aliphatic heterocycles. The van der Waals surface area contributed by atoms with Gasteiger partial charge in [-0.3, -0.25) is 0 Å². The summed E-state index contributed by atoms with van der Waals surface area (Å²) in [6, 6.07) is 6.61. The first kappa shape index (κ1) is 15.4. The Labute approximate surface area is 122 Å². The van der Waals surface area contributed by atoms with Crippen molar-refractivity contribution in [1.82, 2.24) is 0 Å². The van der Waals surface area contributed by atoms with Crippen LogP contribution in [0.15, 0.2) is 30.3 Å². The van der Waals surface area contributed by atoms with Crippen molar-refractivity contribution in [2.75, 3.05) is 0 Å². The van der Waals surface area contributed by atoms with Crippen molar-refractivity contribution >= 4 is 0 Å². The van der Waals surface area contributed by atoms with Gasteiger partial charge in [0.25, 0.3) is 0 Å². The van der Waals surface area contributed by atoms with Gasteiger partial charge in [-0.25, -0.2) is 13.2 Å². The van der Waals surface area contributed by atoms with Crippen molar-refractivity contribution in [1.29, 1.82) is 0 Å². The lowest BCUT2D eigenvalue weighted by molar-refractivity contribution is 0.421. The minimum Gasteiger partial charge on any atom is -0.454 e. The van der Waals surface area contributed by atoms with E-state index in [2.05, 4.69) is 13.8 Å². The molecule has 0 radical (unpaired) electrons. The van der Waals surface area contributed by atoms with Crippen molar-refractivity contribution in [3.05, 3.63) is 58.9 Å². The molecule has 0 spiro atoms. The predicted molar refractivity (Wildman–Crippen MR) is 76.3 cm³/mol. The number of halogens is 3. The molecular formula is C17H17F3O. The van der Waals surface area contributed by atoms with Crippen LogP contribution in [-0.4, -0.2) is 0 Å². The smallest absolute Gasteiger partial charge is 0.168 e. The van der Waals surface area contributed by atoms with E-state index >= 15 is 0 Å². The lowest BCUT2D eigenvalue weighted by Crippen LogP contribution is -1.97. The number of hydrogen-bond donors (Lipinski definition) is 0. The van der Waals surface area contributed by atoms with E-state index in [0.29, 0.717) is 23.8 Å². The molecule has 0 fully saturated rings. The third-order valence-electron chi connectivity index (χ3n) is 3.32. The fourth-order valence-corrected chi connectivity index (χ4v) is 2.22. The summed E-state index contributed by atoms with van der Waals surface area (Å²) in [6.07, 6.45) is 0.810. The summed E-state index contributed by atoms with van der Waals surface area (Å²) in [5.74, 6) is -2.85. The van der Waals surface area contributed by atoms with Crippen molar-refractivity contribution in [3.63, 3.8) is 0 Å². The van der Waals surface area contributed by atoms with Crippen molar-refractivity contribution in [3.8, 4) is 11.5 Å². The van der Waals surface area contributed by atoms with Gasteiger partial charge in [-0.1, -0.05) is 26.8 Å². The number of rotatable bonds is 4. The van der Waals surface area contributed by atoms with E-state index in [1.807, 2.05) is 13.0 Å². The predicted octanol–water partition coefficient (Wildman–Crippen LogP) is 5.58. The SMILES string of the molecule is CCc1cc(Oc2cc(F)c(F)cc2F)ccc1C(C)C. The molecule has 2 aromatic rings. The lowest BCUT2D eigenvalue weighted by atomic mass is 9.95. The van der Waals surface area contributed by atoms with Crippen LogP contribution >= 0.6 is 0 Å². The summed E-state index contributed by atoms with van der Waals surface area (Å²) >= 11 is 0. The normalized spacial score (nSPS) is 11.0. The average molecular weight is 294 g/mol. The second kappa shape index (κ2) is 6.20. The zero-order chi connectivity index (χ0) is 15.6. The Morgan fingerprint density at radius 2 is 1.62 bits per heavy atom. The third kappa shape index (κ3) is 3.38. The first-order valence-corrected chi connectivity index (χ1v) is 6.87. The number of aryl methyl sites for hydroxylation is 1. The second-order valence-corrected chi connectivity index (χ2v) is 5.17. The van der Waals surface area contributed by atoms with Gasteiger partial charge < -0.3 is 4.74 Å². The van der Waals surface area contributed by atoms with Crippen LogP contribution in [0.25, 0.3) is 0 Å². The summed E-state index contributed by atoms with van der Waals surface area (Å²) in [7, 11) is 0. The molecule has 0 unspecified atom stereocenters.